The number of benzene rings is 2. The highest BCUT2D eigenvalue weighted by Crippen LogP contribution is 2.22. The van der Waals surface area contributed by atoms with Crippen molar-refractivity contribution in [3.8, 4) is 0 Å². The first-order valence-corrected chi connectivity index (χ1v) is 9.33. The number of halogens is 3. The molecule has 0 fully saturated rings. The van der Waals surface area contributed by atoms with Crippen molar-refractivity contribution in [2.24, 2.45) is 0 Å². The Morgan fingerprint density at radius 3 is 2.52 bits per heavy atom. The van der Waals surface area contributed by atoms with Gasteiger partial charge in [0, 0.05) is 28.7 Å². The van der Waals surface area contributed by atoms with Crippen LogP contribution in [0.1, 0.15) is 25.0 Å². The van der Waals surface area contributed by atoms with Crippen LogP contribution < -0.4 is 5.32 Å². The first kappa shape index (κ1) is 21.2. The molecule has 0 spiro atoms. The Kier molecular flexibility index (Phi) is 7.63. The molecule has 4 nitrogen and oxygen atoms in total. The summed E-state index contributed by atoms with van der Waals surface area (Å²) in [7, 11) is 0. The predicted molar refractivity (Wildman–Crippen MR) is 105 cm³/mol. The van der Waals surface area contributed by atoms with Gasteiger partial charge < -0.3 is 10.2 Å². The Balaban J connectivity index is 2.30. The van der Waals surface area contributed by atoms with Crippen LogP contribution in [0.5, 0.6) is 0 Å². The summed E-state index contributed by atoms with van der Waals surface area (Å²) in [5.41, 5.74) is 0.884. The zero-order valence-electron chi connectivity index (χ0n) is 15.1. The van der Waals surface area contributed by atoms with Crippen LogP contribution in [-0.2, 0) is 22.6 Å². The third-order valence-electron chi connectivity index (χ3n) is 4.15. The van der Waals surface area contributed by atoms with E-state index in [1.165, 1.54) is 23.1 Å². The third-order valence-corrected chi connectivity index (χ3v) is 4.74. The molecule has 0 radical (unpaired) electrons. The van der Waals surface area contributed by atoms with Gasteiger partial charge in [-0.25, -0.2) is 4.39 Å². The van der Waals surface area contributed by atoms with E-state index < -0.39 is 17.8 Å². The lowest BCUT2D eigenvalue weighted by Gasteiger charge is -2.29. The second-order valence-electron chi connectivity index (χ2n) is 6.10. The van der Waals surface area contributed by atoms with Gasteiger partial charge >= 0.3 is 0 Å². The zero-order chi connectivity index (χ0) is 20.0. The lowest BCUT2D eigenvalue weighted by atomic mass is 10.1. The monoisotopic (exact) mass is 410 g/mol. The van der Waals surface area contributed by atoms with E-state index in [2.05, 4.69) is 5.32 Å². The van der Waals surface area contributed by atoms with Crippen molar-refractivity contribution in [3.63, 3.8) is 0 Å². The van der Waals surface area contributed by atoms with E-state index in [1.807, 2.05) is 6.07 Å². The molecule has 0 aromatic heterocycles. The fourth-order valence-electron chi connectivity index (χ4n) is 2.69. The first-order valence-electron chi connectivity index (χ1n) is 8.58. The smallest absolute Gasteiger partial charge is 0.242 e. The molecule has 27 heavy (non-hydrogen) atoms. The first-order chi connectivity index (χ1) is 12.8. The molecule has 0 heterocycles. The third kappa shape index (κ3) is 5.68. The highest BCUT2D eigenvalue weighted by Gasteiger charge is 2.27. The number of carbonyl (C=O) groups is 2. The van der Waals surface area contributed by atoms with Crippen molar-refractivity contribution in [1.29, 1.82) is 0 Å². The van der Waals surface area contributed by atoms with Gasteiger partial charge in [-0.3, -0.25) is 9.59 Å². The number of hydrogen-bond donors (Lipinski definition) is 1. The van der Waals surface area contributed by atoms with Gasteiger partial charge in [0.2, 0.25) is 11.8 Å². The minimum atomic E-state index is -0.734. The minimum Gasteiger partial charge on any atom is -0.355 e. The number of likely N-dealkylation sites (N-methyl/N-ethyl adjacent to an activating group) is 1. The molecule has 0 aliphatic carbocycles. The molecule has 2 rings (SSSR count). The molecule has 0 saturated carbocycles. The average Bonchev–Trinajstić information content (AvgIpc) is 2.62. The molecular formula is C20H21Cl2FN2O2. The molecule has 0 aliphatic heterocycles. The van der Waals surface area contributed by atoms with Crippen LogP contribution in [0.2, 0.25) is 10.0 Å². The molecule has 2 amide bonds. The van der Waals surface area contributed by atoms with E-state index in [0.29, 0.717) is 11.6 Å². The van der Waals surface area contributed by atoms with E-state index in [-0.39, 0.29) is 29.5 Å². The Bertz CT molecular complexity index is 809. The summed E-state index contributed by atoms with van der Waals surface area (Å²) in [5, 5.41) is 3.41. The Morgan fingerprint density at radius 2 is 1.89 bits per heavy atom. The summed E-state index contributed by atoms with van der Waals surface area (Å²) in [6, 6.07) is 10.6. The lowest BCUT2D eigenvalue weighted by molar-refractivity contribution is -0.140. The molecule has 1 atom stereocenters. The van der Waals surface area contributed by atoms with Crippen LogP contribution in [0.3, 0.4) is 0 Å². The second kappa shape index (κ2) is 9.72. The Labute approximate surface area is 168 Å². The van der Waals surface area contributed by atoms with Gasteiger partial charge in [-0.05, 0) is 43.7 Å². The quantitative estimate of drug-likeness (QED) is 0.742. The van der Waals surface area contributed by atoms with Gasteiger partial charge in [0.1, 0.15) is 11.9 Å². The maximum Gasteiger partial charge on any atom is 0.242 e. The molecule has 2 aromatic carbocycles. The zero-order valence-corrected chi connectivity index (χ0v) is 16.6. The summed E-state index contributed by atoms with van der Waals surface area (Å²) < 4.78 is 14.1. The molecule has 7 heteroatoms. The summed E-state index contributed by atoms with van der Waals surface area (Å²) in [4.78, 5) is 26.6. The molecule has 0 aliphatic rings. The maximum atomic E-state index is 14.1. The van der Waals surface area contributed by atoms with Gasteiger partial charge in [-0.2, -0.15) is 0 Å². The van der Waals surface area contributed by atoms with Crippen molar-refractivity contribution in [2.75, 3.05) is 6.54 Å². The van der Waals surface area contributed by atoms with Crippen LogP contribution in [0, 0.1) is 5.82 Å². The molecule has 1 N–H and O–H groups in total. The molecule has 0 bridgehead atoms. The van der Waals surface area contributed by atoms with Gasteiger partial charge in [-0.15, -0.1) is 0 Å². The highest BCUT2D eigenvalue weighted by molar-refractivity contribution is 6.31. The van der Waals surface area contributed by atoms with Gasteiger partial charge in [-0.1, -0.05) is 41.4 Å². The van der Waals surface area contributed by atoms with Crippen LogP contribution >= 0.6 is 23.2 Å². The van der Waals surface area contributed by atoms with E-state index in [9.17, 15) is 14.0 Å². The average molecular weight is 411 g/mol. The second-order valence-corrected chi connectivity index (χ2v) is 6.94. The van der Waals surface area contributed by atoms with E-state index >= 15 is 0 Å². The summed E-state index contributed by atoms with van der Waals surface area (Å²) >= 11 is 12.1. The van der Waals surface area contributed by atoms with Crippen LogP contribution in [0.15, 0.2) is 42.5 Å². The van der Waals surface area contributed by atoms with Gasteiger partial charge in [0.15, 0.2) is 0 Å². The van der Waals surface area contributed by atoms with Crippen molar-refractivity contribution < 1.29 is 14.0 Å². The number of amides is 2. The molecule has 2 aromatic rings. The topological polar surface area (TPSA) is 49.4 Å². The summed E-state index contributed by atoms with van der Waals surface area (Å²) in [6.07, 6.45) is -0.240. The molecular weight excluding hydrogens is 390 g/mol. The van der Waals surface area contributed by atoms with Crippen molar-refractivity contribution >= 4 is 35.0 Å². The normalized spacial score (nSPS) is 11.7. The number of nitrogens with zero attached hydrogens (tertiary/aromatic N) is 1. The molecule has 144 valence electrons. The van der Waals surface area contributed by atoms with Crippen molar-refractivity contribution in [3.05, 3.63) is 69.5 Å². The fourth-order valence-corrected chi connectivity index (χ4v) is 3.13. The maximum absolute atomic E-state index is 14.1. The number of carbonyl (C=O) groups excluding carboxylic acids is 2. The molecule has 0 unspecified atom stereocenters. The standard InChI is InChI=1S/C20H21Cl2FN2O2/c1-3-24-20(27)13(2)25(12-14-6-4-7-15(21)10-14)19(26)11-16-17(22)8-5-9-18(16)23/h4-10,13H,3,11-12H2,1-2H3,(H,24,27)/t13-/m0/s1. The lowest BCUT2D eigenvalue weighted by Crippen LogP contribution is -2.48. The predicted octanol–water partition coefficient (Wildman–Crippen LogP) is 4.23. The van der Waals surface area contributed by atoms with Crippen LogP contribution in [-0.4, -0.2) is 29.3 Å². The largest absolute Gasteiger partial charge is 0.355 e. The fraction of sp³-hybridized carbons (Fsp3) is 0.300. The van der Waals surface area contributed by atoms with E-state index in [4.69, 9.17) is 23.2 Å². The van der Waals surface area contributed by atoms with Crippen molar-refractivity contribution in [2.45, 2.75) is 32.9 Å². The number of nitrogens with one attached hydrogen (secondary N) is 1. The van der Waals surface area contributed by atoms with Gasteiger partial charge in [0.25, 0.3) is 0 Å². The van der Waals surface area contributed by atoms with E-state index in [1.54, 1.807) is 32.0 Å². The van der Waals surface area contributed by atoms with Gasteiger partial charge in [0.05, 0.1) is 6.42 Å². The van der Waals surface area contributed by atoms with Crippen LogP contribution in [0.25, 0.3) is 0 Å². The summed E-state index contributed by atoms with van der Waals surface area (Å²) in [5.74, 6) is -1.24. The number of hydrogen-bond acceptors (Lipinski definition) is 2. The van der Waals surface area contributed by atoms with E-state index in [0.717, 1.165) is 5.56 Å². The van der Waals surface area contributed by atoms with Crippen LogP contribution in [0.4, 0.5) is 4.39 Å². The highest BCUT2D eigenvalue weighted by atomic mass is 35.5. The summed E-state index contributed by atoms with van der Waals surface area (Å²) in [6.45, 7) is 4.05. The SMILES string of the molecule is CCNC(=O)[C@H](C)N(Cc1cccc(Cl)c1)C(=O)Cc1c(F)cccc1Cl. The van der Waals surface area contributed by atoms with Crippen molar-refractivity contribution in [1.82, 2.24) is 10.2 Å². The number of rotatable bonds is 7. The Hall–Kier alpha value is -2.11. The Morgan fingerprint density at radius 1 is 1.19 bits per heavy atom. The molecule has 0 saturated heterocycles. The minimum absolute atomic E-state index is 0.114.